The van der Waals surface area contributed by atoms with Crippen LogP contribution in [0.4, 0.5) is 5.13 Å². The van der Waals surface area contributed by atoms with Crippen LogP contribution in [0.15, 0.2) is 53.0 Å². The van der Waals surface area contributed by atoms with Crippen molar-refractivity contribution in [2.75, 3.05) is 19.5 Å². The summed E-state index contributed by atoms with van der Waals surface area (Å²) < 4.78 is 11.7. The van der Waals surface area contributed by atoms with Crippen LogP contribution in [0.3, 0.4) is 0 Å². The lowest BCUT2D eigenvalue weighted by molar-refractivity contribution is -0.117. The number of carbonyl (C=O) groups is 1. The Labute approximate surface area is 174 Å². The monoisotopic (exact) mass is 423 g/mol. The molecule has 0 radical (unpaired) electrons. The normalized spacial score (nSPS) is 10.7. The number of methoxy groups -OCH3 is 2. The number of nitrogens with zero attached hydrogens (tertiary/aromatic N) is 4. The second-order valence-electron chi connectivity index (χ2n) is 6.19. The Morgan fingerprint density at radius 3 is 2.70 bits per heavy atom. The van der Waals surface area contributed by atoms with E-state index in [9.17, 15) is 9.59 Å². The molecule has 0 aliphatic rings. The van der Waals surface area contributed by atoms with Crippen LogP contribution in [0.5, 0.6) is 11.5 Å². The van der Waals surface area contributed by atoms with E-state index in [2.05, 4.69) is 20.4 Å². The molecule has 0 unspecified atom stereocenters. The topological polar surface area (TPSA) is 108 Å². The Hall–Kier alpha value is -3.79. The highest BCUT2D eigenvalue weighted by Crippen LogP contribution is 2.32. The highest BCUT2D eigenvalue weighted by molar-refractivity contribution is 7.14. The first-order chi connectivity index (χ1) is 14.6. The highest BCUT2D eigenvalue weighted by atomic mass is 32.1. The summed E-state index contributed by atoms with van der Waals surface area (Å²) in [6, 6.07) is 7.08. The summed E-state index contributed by atoms with van der Waals surface area (Å²) in [4.78, 5) is 33.8. The van der Waals surface area contributed by atoms with E-state index >= 15 is 0 Å². The summed E-state index contributed by atoms with van der Waals surface area (Å²) in [5, 5.41) is 9.96. The molecule has 0 atom stereocenters. The number of ether oxygens (including phenoxy) is 2. The predicted octanol–water partition coefficient (Wildman–Crippen LogP) is 2.57. The molecule has 4 aromatic rings. The second kappa shape index (κ2) is 8.29. The molecule has 0 aliphatic carbocycles. The first kappa shape index (κ1) is 19.5. The largest absolute Gasteiger partial charge is 0.493 e. The van der Waals surface area contributed by atoms with Crippen LogP contribution in [-0.4, -0.2) is 39.9 Å². The van der Waals surface area contributed by atoms with Gasteiger partial charge in [-0.1, -0.05) is 0 Å². The van der Waals surface area contributed by atoms with Gasteiger partial charge in [0.15, 0.2) is 16.6 Å². The molecule has 30 heavy (non-hydrogen) atoms. The number of amides is 1. The molecule has 0 bridgehead atoms. The molecule has 4 rings (SSSR count). The molecule has 10 heteroatoms. The van der Waals surface area contributed by atoms with Crippen molar-refractivity contribution in [3.05, 3.63) is 58.6 Å². The van der Waals surface area contributed by atoms with Gasteiger partial charge in [0.2, 0.25) is 5.91 Å². The molecular formula is C20H17N5O4S. The van der Waals surface area contributed by atoms with Crippen molar-refractivity contribution in [2.45, 2.75) is 6.54 Å². The molecule has 0 aliphatic heterocycles. The van der Waals surface area contributed by atoms with Crippen LogP contribution >= 0.6 is 11.3 Å². The maximum atomic E-state index is 12.9. The van der Waals surface area contributed by atoms with Crippen LogP contribution in [-0.2, 0) is 11.3 Å². The van der Waals surface area contributed by atoms with Crippen molar-refractivity contribution >= 4 is 33.1 Å². The minimum Gasteiger partial charge on any atom is -0.493 e. The van der Waals surface area contributed by atoms with E-state index in [1.165, 1.54) is 31.8 Å². The van der Waals surface area contributed by atoms with E-state index < -0.39 is 11.5 Å². The standard InChI is InChI=1S/C20H17N5O4S/c1-28-15-4-3-13-9-22-25(19(27)17(13)18(15)29-2)10-16(26)24-20-23-14(11-30-20)12-5-7-21-8-6-12/h3-9,11H,10H2,1-2H3,(H,23,24,26). The maximum absolute atomic E-state index is 12.9. The molecule has 9 nitrogen and oxygen atoms in total. The molecule has 1 amide bonds. The predicted molar refractivity (Wildman–Crippen MR) is 113 cm³/mol. The fourth-order valence-electron chi connectivity index (χ4n) is 2.98. The molecule has 1 N–H and O–H groups in total. The molecule has 0 spiro atoms. The van der Waals surface area contributed by atoms with Crippen LogP contribution < -0.4 is 20.3 Å². The Balaban J connectivity index is 1.57. The number of anilines is 1. The average Bonchev–Trinajstić information content (AvgIpc) is 3.23. The van der Waals surface area contributed by atoms with Crippen LogP contribution in [0.2, 0.25) is 0 Å². The zero-order valence-corrected chi connectivity index (χ0v) is 17.0. The summed E-state index contributed by atoms with van der Waals surface area (Å²) >= 11 is 1.29. The van der Waals surface area contributed by atoms with Crippen molar-refractivity contribution < 1.29 is 14.3 Å². The Morgan fingerprint density at radius 2 is 1.97 bits per heavy atom. The molecule has 0 fully saturated rings. The first-order valence-corrected chi connectivity index (χ1v) is 9.75. The third kappa shape index (κ3) is 3.72. The lowest BCUT2D eigenvalue weighted by atomic mass is 10.1. The fourth-order valence-corrected chi connectivity index (χ4v) is 3.71. The number of fused-ring (bicyclic) bond motifs is 1. The minimum absolute atomic E-state index is 0.265. The minimum atomic E-state index is -0.449. The van der Waals surface area contributed by atoms with Crippen LogP contribution in [0, 0.1) is 0 Å². The fraction of sp³-hybridized carbons (Fsp3) is 0.150. The van der Waals surface area contributed by atoms with E-state index in [4.69, 9.17) is 9.47 Å². The Kier molecular flexibility index (Phi) is 5.40. The third-order valence-corrected chi connectivity index (χ3v) is 5.14. The van der Waals surface area contributed by atoms with E-state index in [1.54, 1.807) is 24.5 Å². The Bertz CT molecular complexity index is 1270. The molecular weight excluding hydrogens is 406 g/mol. The highest BCUT2D eigenvalue weighted by Gasteiger charge is 2.16. The van der Waals surface area contributed by atoms with Gasteiger partial charge >= 0.3 is 0 Å². The summed E-state index contributed by atoms with van der Waals surface area (Å²) in [6.07, 6.45) is 4.86. The van der Waals surface area contributed by atoms with Crippen molar-refractivity contribution in [3.63, 3.8) is 0 Å². The average molecular weight is 423 g/mol. The summed E-state index contributed by atoms with van der Waals surface area (Å²) in [5.41, 5.74) is 1.18. The lowest BCUT2D eigenvalue weighted by Crippen LogP contribution is -2.29. The number of thiazole rings is 1. The van der Waals surface area contributed by atoms with Gasteiger partial charge in [-0.3, -0.25) is 14.6 Å². The number of benzene rings is 1. The van der Waals surface area contributed by atoms with Crippen LogP contribution in [0.1, 0.15) is 0 Å². The summed E-state index contributed by atoms with van der Waals surface area (Å²) in [7, 11) is 2.95. The quantitative estimate of drug-likeness (QED) is 0.508. The second-order valence-corrected chi connectivity index (χ2v) is 7.05. The van der Waals surface area contributed by atoms with Crippen molar-refractivity contribution in [3.8, 4) is 22.8 Å². The zero-order valence-electron chi connectivity index (χ0n) is 16.2. The van der Waals surface area contributed by atoms with Crippen LogP contribution in [0.25, 0.3) is 22.0 Å². The molecule has 0 saturated carbocycles. The number of carbonyl (C=O) groups excluding carboxylic acids is 1. The number of hydrogen-bond donors (Lipinski definition) is 1. The molecule has 152 valence electrons. The van der Waals surface area contributed by atoms with Gasteiger partial charge in [-0.05, 0) is 24.3 Å². The van der Waals surface area contributed by atoms with Gasteiger partial charge in [0.1, 0.15) is 6.54 Å². The Morgan fingerprint density at radius 1 is 1.17 bits per heavy atom. The molecule has 3 aromatic heterocycles. The number of aromatic nitrogens is 4. The van der Waals surface area contributed by atoms with E-state index in [0.717, 1.165) is 15.9 Å². The summed E-state index contributed by atoms with van der Waals surface area (Å²) in [5.74, 6) is 0.315. The number of nitrogens with one attached hydrogen (secondary N) is 1. The molecule has 1 aromatic carbocycles. The molecule has 0 saturated heterocycles. The van der Waals surface area contributed by atoms with Gasteiger partial charge in [-0.2, -0.15) is 5.10 Å². The lowest BCUT2D eigenvalue weighted by Gasteiger charge is -2.11. The van der Waals surface area contributed by atoms with Gasteiger partial charge in [-0.15, -0.1) is 11.3 Å². The maximum Gasteiger partial charge on any atom is 0.279 e. The van der Waals surface area contributed by atoms with E-state index in [0.29, 0.717) is 27.4 Å². The number of rotatable bonds is 6. The van der Waals surface area contributed by atoms with Gasteiger partial charge in [0, 0.05) is 28.7 Å². The van der Waals surface area contributed by atoms with E-state index in [-0.39, 0.29) is 6.54 Å². The summed E-state index contributed by atoms with van der Waals surface area (Å²) in [6.45, 7) is -0.265. The third-order valence-electron chi connectivity index (χ3n) is 4.38. The van der Waals surface area contributed by atoms with E-state index in [1.807, 2.05) is 17.5 Å². The van der Waals surface area contributed by atoms with Gasteiger partial charge < -0.3 is 14.8 Å². The van der Waals surface area contributed by atoms with Crippen molar-refractivity contribution in [1.29, 1.82) is 0 Å². The molecule has 3 heterocycles. The number of pyridine rings is 1. The van der Waals surface area contributed by atoms with Crippen molar-refractivity contribution in [2.24, 2.45) is 0 Å². The van der Waals surface area contributed by atoms with Gasteiger partial charge in [0.25, 0.3) is 5.56 Å². The van der Waals surface area contributed by atoms with Crippen molar-refractivity contribution in [1.82, 2.24) is 19.7 Å². The smallest absolute Gasteiger partial charge is 0.279 e. The number of hydrogen-bond acceptors (Lipinski definition) is 8. The van der Waals surface area contributed by atoms with Gasteiger partial charge in [0.05, 0.1) is 31.5 Å². The SMILES string of the molecule is COc1ccc2cnn(CC(=O)Nc3nc(-c4ccncc4)cs3)c(=O)c2c1OC. The zero-order chi connectivity index (χ0) is 21.1. The van der Waals surface area contributed by atoms with Gasteiger partial charge in [-0.25, -0.2) is 9.67 Å². The first-order valence-electron chi connectivity index (χ1n) is 8.87.